The second kappa shape index (κ2) is 6.31. The highest BCUT2D eigenvalue weighted by Crippen LogP contribution is 2.37. The van der Waals surface area contributed by atoms with Crippen molar-refractivity contribution >= 4 is 33.9 Å². The molecular weight excluding hydrogens is 292 g/mol. The summed E-state index contributed by atoms with van der Waals surface area (Å²) in [4.78, 5) is 26.2. The molecule has 0 radical (unpaired) electrons. The average Bonchev–Trinajstić information content (AvgIpc) is 3.01. The van der Waals surface area contributed by atoms with Crippen molar-refractivity contribution in [2.45, 2.75) is 12.5 Å². The number of methoxy groups -OCH3 is 1. The van der Waals surface area contributed by atoms with Gasteiger partial charge in [0.2, 0.25) is 0 Å². The van der Waals surface area contributed by atoms with E-state index in [2.05, 4.69) is 15.5 Å². The topological polar surface area (TPSA) is 96.7 Å². The molecule has 0 aliphatic carbocycles. The lowest BCUT2D eigenvalue weighted by atomic mass is 10.2. The lowest BCUT2D eigenvalue weighted by Gasteiger charge is -2.14. The van der Waals surface area contributed by atoms with E-state index in [0.717, 1.165) is 30.8 Å². The smallest absolute Gasteiger partial charge is 0.350 e. The first kappa shape index (κ1) is 15.6. The van der Waals surface area contributed by atoms with Crippen molar-refractivity contribution in [3.05, 3.63) is 10.4 Å². The van der Waals surface area contributed by atoms with Gasteiger partial charge in [0, 0.05) is 19.6 Å². The minimum atomic E-state index is -0.528. The maximum Gasteiger partial charge on any atom is 0.350 e. The molecule has 1 aliphatic heterocycles. The molecule has 1 amide bonds. The fourth-order valence-electron chi connectivity index (χ4n) is 2.38. The van der Waals surface area contributed by atoms with Crippen LogP contribution in [0, 0.1) is 0 Å². The van der Waals surface area contributed by atoms with E-state index in [9.17, 15) is 9.59 Å². The van der Waals surface area contributed by atoms with Crippen LogP contribution in [-0.4, -0.2) is 57.1 Å². The van der Waals surface area contributed by atoms with Gasteiger partial charge in [-0.15, -0.1) is 11.3 Å². The first-order valence-corrected chi connectivity index (χ1v) is 7.47. The summed E-state index contributed by atoms with van der Waals surface area (Å²) < 4.78 is 4.71. The van der Waals surface area contributed by atoms with E-state index >= 15 is 0 Å². The summed E-state index contributed by atoms with van der Waals surface area (Å²) in [6.45, 7) is 1.89. The Morgan fingerprint density at radius 3 is 2.71 bits per heavy atom. The molecule has 0 aromatic carbocycles. The zero-order chi connectivity index (χ0) is 15.6. The van der Waals surface area contributed by atoms with Crippen LogP contribution in [0.3, 0.4) is 0 Å². The molecule has 1 aromatic rings. The Hall–Kier alpha value is -1.80. The Balaban J connectivity index is 2.33. The molecule has 1 saturated heterocycles. The Bertz CT molecular complexity index is 558. The third kappa shape index (κ3) is 3.11. The Labute approximate surface area is 127 Å². The van der Waals surface area contributed by atoms with Crippen molar-refractivity contribution in [3.63, 3.8) is 0 Å². The van der Waals surface area contributed by atoms with E-state index in [0.29, 0.717) is 10.6 Å². The quantitative estimate of drug-likeness (QED) is 0.704. The molecule has 1 atom stereocenters. The molecule has 2 rings (SSSR count). The third-order valence-corrected chi connectivity index (χ3v) is 4.61. The van der Waals surface area contributed by atoms with Crippen LogP contribution in [0.15, 0.2) is 0 Å². The van der Waals surface area contributed by atoms with Gasteiger partial charge in [-0.1, -0.05) is 0 Å². The van der Waals surface area contributed by atoms with Gasteiger partial charge in [-0.3, -0.25) is 4.79 Å². The van der Waals surface area contributed by atoms with Crippen LogP contribution in [0.5, 0.6) is 0 Å². The molecule has 1 fully saturated rings. The minimum absolute atomic E-state index is 0.167. The number of likely N-dealkylation sites (tertiary alicyclic amines) is 1. The number of esters is 1. The van der Waals surface area contributed by atoms with E-state index in [1.54, 1.807) is 0 Å². The van der Waals surface area contributed by atoms with E-state index in [4.69, 9.17) is 10.5 Å². The summed E-state index contributed by atoms with van der Waals surface area (Å²) in [5.74, 6) is -0.841. The summed E-state index contributed by atoms with van der Waals surface area (Å²) in [6, 6.07) is 0.238. The molecule has 1 unspecified atom stereocenters. The van der Waals surface area contributed by atoms with Crippen LogP contribution in [0.1, 0.15) is 26.5 Å². The van der Waals surface area contributed by atoms with Gasteiger partial charge in [-0.05, 0) is 20.0 Å². The second-order valence-electron chi connectivity index (χ2n) is 5.01. The summed E-state index contributed by atoms with van der Waals surface area (Å²) in [6.07, 6.45) is 0.981. The number of carbonyl (C=O) groups is 2. The van der Waals surface area contributed by atoms with Crippen molar-refractivity contribution in [3.8, 4) is 0 Å². The lowest BCUT2D eigenvalue weighted by molar-refractivity contribution is 0.0607. The largest absolute Gasteiger partial charge is 0.465 e. The maximum atomic E-state index is 12.0. The van der Waals surface area contributed by atoms with Crippen molar-refractivity contribution in [1.82, 2.24) is 10.2 Å². The number of nitrogens with two attached hydrogens (primary N) is 1. The molecule has 4 N–H and O–H groups in total. The van der Waals surface area contributed by atoms with Crippen LogP contribution in [-0.2, 0) is 4.74 Å². The number of ether oxygens (including phenoxy) is 1. The normalized spacial score (nSPS) is 18.5. The van der Waals surface area contributed by atoms with E-state index < -0.39 is 5.97 Å². The summed E-state index contributed by atoms with van der Waals surface area (Å²) in [5, 5.41) is 6.49. The standard InChI is InChI=1S/C13H20N4O3S/c1-15-11(18)8-9(14)10(13(19)20-3)21-12(8)16-7-4-5-17(2)6-7/h7,16H,4-6,14H2,1-3H3,(H,15,18). The van der Waals surface area contributed by atoms with Crippen LogP contribution in [0.25, 0.3) is 0 Å². The molecule has 21 heavy (non-hydrogen) atoms. The highest BCUT2D eigenvalue weighted by atomic mass is 32.1. The number of nitrogens with zero attached hydrogens (tertiary/aromatic N) is 1. The highest BCUT2D eigenvalue weighted by molar-refractivity contribution is 7.19. The van der Waals surface area contributed by atoms with Gasteiger partial charge >= 0.3 is 5.97 Å². The number of nitrogens with one attached hydrogen (secondary N) is 2. The maximum absolute atomic E-state index is 12.0. The van der Waals surface area contributed by atoms with Crippen molar-refractivity contribution in [2.24, 2.45) is 0 Å². The molecule has 0 spiro atoms. The highest BCUT2D eigenvalue weighted by Gasteiger charge is 2.28. The van der Waals surface area contributed by atoms with Crippen LogP contribution >= 0.6 is 11.3 Å². The van der Waals surface area contributed by atoms with Gasteiger partial charge in [-0.25, -0.2) is 4.79 Å². The Morgan fingerprint density at radius 1 is 1.48 bits per heavy atom. The summed E-state index contributed by atoms with van der Waals surface area (Å²) in [5.41, 5.74) is 6.44. The fraction of sp³-hybridized carbons (Fsp3) is 0.538. The summed E-state index contributed by atoms with van der Waals surface area (Å²) >= 11 is 1.16. The third-order valence-electron chi connectivity index (χ3n) is 3.50. The van der Waals surface area contributed by atoms with Gasteiger partial charge in [-0.2, -0.15) is 0 Å². The molecular formula is C13H20N4O3S. The number of rotatable bonds is 4. The number of amides is 1. The van der Waals surface area contributed by atoms with Crippen molar-refractivity contribution in [1.29, 1.82) is 0 Å². The summed E-state index contributed by atoms with van der Waals surface area (Å²) in [7, 11) is 4.87. The zero-order valence-electron chi connectivity index (χ0n) is 12.4. The molecule has 7 nitrogen and oxygen atoms in total. The predicted molar refractivity (Wildman–Crippen MR) is 83.0 cm³/mol. The molecule has 0 bridgehead atoms. The zero-order valence-corrected chi connectivity index (χ0v) is 13.2. The molecule has 116 valence electrons. The Kier molecular flexibility index (Phi) is 4.69. The average molecular weight is 312 g/mol. The SMILES string of the molecule is CNC(=O)c1c(NC2CCN(C)C2)sc(C(=O)OC)c1N. The molecule has 1 aromatic heterocycles. The van der Waals surface area contributed by atoms with E-state index in [-0.39, 0.29) is 22.5 Å². The van der Waals surface area contributed by atoms with Crippen molar-refractivity contribution in [2.75, 3.05) is 45.3 Å². The number of likely N-dealkylation sites (N-methyl/N-ethyl adjacent to an activating group) is 1. The first-order valence-electron chi connectivity index (χ1n) is 6.65. The molecule has 8 heteroatoms. The van der Waals surface area contributed by atoms with Crippen LogP contribution in [0.4, 0.5) is 10.7 Å². The number of nitrogen functional groups attached to an aromatic ring is 1. The number of hydrogen-bond donors (Lipinski definition) is 3. The number of hydrogen-bond acceptors (Lipinski definition) is 7. The van der Waals surface area contributed by atoms with E-state index in [1.807, 2.05) is 7.05 Å². The first-order chi connectivity index (χ1) is 9.97. The van der Waals surface area contributed by atoms with Crippen molar-refractivity contribution < 1.29 is 14.3 Å². The van der Waals surface area contributed by atoms with Gasteiger partial charge in [0.05, 0.1) is 18.4 Å². The minimum Gasteiger partial charge on any atom is -0.465 e. The van der Waals surface area contributed by atoms with Gasteiger partial charge in [0.25, 0.3) is 5.91 Å². The van der Waals surface area contributed by atoms with Gasteiger partial charge in [0.15, 0.2) is 0 Å². The Morgan fingerprint density at radius 2 is 2.19 bits per heavy atom. The van der Waals surface area contributed by atoms with Gasteiger partial charge < -0.3 is 26.0 Å². The molecule has 2 heterocycles. The number of carbonyl (C=O) groups excluding carboxylic acids is 2. The molecule has 1 aliphatic rings. The van der Waals surface area contributed by atoms with Crippen LogP contribution < -0.4 is 16.4 Å². The van der Waals surface area contributed by atoms with Crippen LogP contribution in [0.2, 0.25) is 0 Å². The van der Waals surface area contributed by atoms with Gasteiger partial charge in [0.1, 0.15) is 9.88 Å². The molecule has 0 saturated carbocycles. The monoisotopic (exact) mass is 312 g/mol. The number of anilines is 2. The number of thiophene rings is 1. The predicted octanol–water partition coefficient (Wildman–Crippen LogP) is 0.593. The second-order valence-corrected chi connectivity index (χ2v) is 6.03. The lowest BCUT2D eigenvalue weighted by Crippen LogP contribution is -2.25. The fourth-order valence-corrected chi connectivity index (χ4v) is 3.49. The van der Waals surface area contributed by atoms with E-state index in [1.165, 1.54) is 14.2 Å².